The van der Waals surface area contributed by atoms with Crippen molar-refractivity contribution in [3.63, 3.8) is 0 Å². The highest BCUT2D eigenvalue weighted by Crippen LogP contribution is 2.45. The van der Waals surface area contributed by atoms with Crippen molar-refractivity contribution in [1.82, 2.24) is 9.88 Å². The van der Waals surface area contributed by atoms with Crippen molar-refractivity contribution >= 4 is 47.8 Å². The number of aliphatic hydroxyl groups excluding tert-OH is 1. The molecular weight excluding hydrogens is 545 g/mol. The number of anilines is 1. The molecule has 0 spiro atoms. The minimum Gasteiger partial charge on any atom is -0.451 e. The zero-order valence-corrected chi connectivity index (χ0v) is 25.4. The van der Waals surface area contributed by atoms with Gasteiger partial charge in [0.15, 0.2) is 11.5 Å². The van der Waals surface area contributed by atoms with Crippen molar-refractivity contribution in [2.45, 2.75) is 45.4 Å². The van der Waals surface area contributed by atoms with E-state index in [0.29, 0.717) is 22.4 Å². The molecule has 1 aliphatic rings. The number of hydrogen-bond acceptors (Lipinski definition) is 5. The van der Waals surface area contributed by atoms with Crippen molar-refractivity contribution in [2.24, 2.45) is 0 Å². The van der Waals surface area contributed by atoms with Gasteiger partial charge in [-0.05, 0) is 66.4 Å². The summed E-state index contributed by atoms with van der Waals surface area (Å²) in [5.41, 5.74) is 3.43. The Hall–Kier alpha value is -3.93. The third kappa shape index (κ3) is 5.99. The number of amides is 1. The van der Waals surface area contributed by atoms with Gasteiger partial charge in [-0.2, -0.15) is 0 Å². The molecule has 42 heavy (non-hydrogen) atoms. The minimum absolute atomic E-state index is 0.0802. The smallest absolute Gasteiger partial charge is 0.256 e. The number of allylic oxidation sites excluding steroid dienone is 3. The molecule has 0 bridgehead atoms. The first-order valence-electron chi connectivity index (χ1n) is 14.6. The fourth-order valence-corrected chi connectivity index (χ4v) is 5.99. The second-order valence-corrected chi connectivity index (χ2v) is 11.1. The van der Waals surface area contributed by atoms with E-state index in [1.54, 1.807) is 12.3 Å². The average Bonchev–Trinajstić information content (AvgIpc) is 2.99. The van der Waals surface area contributed by atoms with Gasteiger partial charge >= 0.3 is 0 Å². The molecule has 0 fully saturated rings. The lowest BCUT2D eigenvalue weighted by molar-refractivity contribution is 0.0961. The van der Waals surface area contributed by atoms with Crippen LogP contribution in [0.25, 0.3) is 27.4 Å². The maximum Gasteiger partial charge on any atom is 0.256 e. The number of carbonyl (C=O) groups is 1. The lowest BCUT2D eigenvalue weighted by Gasteiger charge is -2.27. The topological polar surface area (TPSA) is 92.6 Å². The van der Waals surface area contributed by atoms with Crippen LogP contribution in [-0.2, 0) is 0 Å². The van der Waals surface area contributed by atoms with Gasteiger partial charge in [-0.3, -0.25) is 9.59 Å². The van der Waals surface area contributed by atoms with Crippen LogP contribution in [0.1, 0.15) is 55.8 Å². The summed E-state index contributed by atoms with van der Waals surface area (Å²) in [6, 6.07) is 13.9. The lowest BCUT2D eigenvalue weighted by Crippen LogP contribution is -2.28. The van der Waals surface area contributed by atoms with Crippen molar-refractivity contribution in [3.05, 3.63) is 88.2 Å². The first-order chi connectivity index (χ1) is 20.5. The van der Waals surface area contributed by atoms with Gasteiger partial charge in [0, 0.05) is 19.8 Å². The highest BCUT2D eigenvalue weighted by Gasteiger charge is 2.27. The van der Waals surface area contributed by atoms with Crippen molar-refractivity contribution in [1.29, 1.82) is 0 Å². The molecule has 218 valence electrons. The Labute approximate surface area is 248 Å². The van der Waals surface area contributed by atoms with Crippen LogP contribution in [0, 0.1) is 0 Å². The Balaban J connectivity index is 1.44. The maximum absolute atomic E-state index is 13.5. The number of rotatable bonds is 12. The number of unbranched alkanes of at least 4 members (excludes halogenated alkanes) is 2. The molecule has 1 aromatic heterocycles. The number of carbonyl (C=O) groups excluding carboxylic acids is 1. The molecule has 2 heterocycles. The van der Waals surface area contributed by atoms with Gasteiger partial charge in [0.1, 0.15) is 11.1 Å². The number of benzene rings is 3. The van der Waals surface area contributed by atoms with Crippen LogP contribution in [0.2, 0.25) is 0 Å². The van der Waals surface area contributed by atoms with Crippen LogP contribution in [0.5, 0.6) is 11.5 Å². The summed E-state index contributed by atoms with van der Waals surface area (Å²) in [6.07, 6.45) is 13.9. The second kappa shape index (κ2) is 13.4. The SMILES string of the molecule is CC/C=C(\C/C=C\CO)CCCCCNc1c(P)cc2c(=O)c(C(=O)NC)cn3c2c1Oc1cc2ccccc2cc1-3. The molecule has 1 unspecified atom stereocenters. The number of nitrogens with zero attached hydrogens (tertiary/aromatic N) is 1. The number of hydrogen-bond donors (Lipinski definition) is 3. The highest BCUT2D eigenvalue weighted by molar-refractivity contribution is 7.28. The first-order valence-corrected chi connectivity index (χ1v) is 15.2. The predicted molar refractivity (Wildman–Crippen MR) is 176 cm³/mol. The normalized spacial score (nSPS) is 12.5. The van der Waals surface area contributed by atoms with Crippen LogP contribution in [0.4, 0.5) is 5.69 Å². The summed E-state index contributed by atoms with van der Waals surface area (Å²) in [5.74, 6) is 0.831. The molecule has 1 aliphatic heterocycles. The number of ether oxygens (including phenoxy) is 1. The molecule has 7 nitrogen and oxygen atoms in total. The molecule has 8 heteroatoms. The summed E-state index contributed by atoms with van der Waals surface area (Å²) in [5, 5.41) is 18.5. The molecule has 0 saturated heterocycles. The zero-order valence-electron chi connectivity index (χ0n) is 24.2. The number of fused-ring (bicyclic) bond motifs is 3. The number of nitrogens with one attached hydrogen (secondary N) is 2. The lowest BCUT2D eigenvalue weighted by atomic mass is 10.0. The highest BCUT2D eigenvalue weighted by atomic mass is 31.0. The van der Waals surface area contributed by atoms with Gasteiger partial charge in [0.05, 0.1) is 23.4 Å². The van der Waals surface area contributed by atoms with Gasteiger partial charge in [0.25, 0.3) is 5.91 Å². The molecule has 0 radical (unpaired) electrons. The molecule has 3 N–H and O–H groups in total. The summed E-state index contributed by atoms with van der Waals surface area (Å²) >= 11 is 0. The number of pyridine rings is 1. The summed E-state index contributed by atoms with van der Waals surface area (Å²) in [7, 11) is 4.26. The van der Waals surface area contributed by atoms with Crippen LogP contribution < -0.4 is 26.1 Å². The van der Waals surface area contributed by atoms with Crippen molar-refractivity contribution in [2.75, 3.05) is 25.5 Å². The van der Waals surface area contributed by atoms with E-state index in [-0.39, 0.29) is 17.6 Å². The second-order valence-electron chi connectivity index (χ2n) is 10.5. The van der Waals surface area contributed by atoms with E-state index in [1.165, 1.54) is 12.6 Å². The Morgan fingerprint density at radius 3 is 2.62 bits per heavy atom. The number of aromatic nitrogens is 1. The van der Waals surface area contributed by atoms with E-state index in [2.05, 4.69) is 32.9 Å². The van der Waals surface area contributed by atoms with Crippen LogP contribution in [-0.4, -0.2) is 35.8 Å². The predicted octanol–water partition coefficient (Wildman–Crippen LogP) is 6.36. The van der Waals surface area contributed by atoms with Crippen molar-refractivity contribution < 1.29 is 14.6 Å². The zero-order chi connectivity index (χ0) is 29.6. The molecule has 4 aromatic rings. The van der Waals surface area contributed by atoms with Crippen molar-refractivity contribution in [3.8, 4) is 17.2 Å². The molecule has 1 atom stereocenters. The molecule has 0 saturated carbocycles. The maximum atomic E-state index is 13.5. The Morgan fingerprint density at radius 1 is 1.10 bits per heavy atom. The van der Waals surface area contributed by atoms with Gasteiger partial charge in [-0.15, -0.1) is 9.24 Å². The Bertz CT molecular complexity index is 1760. The molecule has 3 aromatic carbocycles. The number of aliphatic hydroxyl groups is 1. The Kier molecular flexibility index (Phi) is 9.41. The molecule has 0 aliphatic carbocycles. The largest absolute Gasteiger partial charge is 0.451 e. The molecular formula is C34H38N3O4P. The third-order valence-corrected chi connectivity index (χ3v) is 8.12. The fraction of sp³-hybridized carbons (Fsp3) is 0.294. The summed E-state index contributed by atoms with van der Waals surface area (Å²) in [6.45, 7) is 2.99. The monoisotopic (exact) mass is 583 g/mol. The van der Waals surface area contributed by atoms with E-state index in [4.69, 9.17) is 9.84 Å². The fourth-order valence-electron chi connectivity index (χ4n) is 5.59. The first kappa shape index (κ1) is 29.6. The quantitative estimate of drug-likeness (QED) is 0.0904. The van der Waals surface area contributed by atoms with E-state index >= 15 is 0 Å². The van der Waals surface area contributed by atoms with E-state index < -0.39 is 5.91 Å². The van der Waals surface area contributed by atoms with E-state index in [0.717, 1.165) is 72.5 Å². The third-order valence-electron chi connectivity index (χ3n) is 7.67. The Morgan fingerprint density at radius 2 is 1.88 bits per heavy atom. The minimum atomic E-state index is -0.421. The summed E-state index contributed by atoms with van der Waals surface area (Å²) in [4.78, 5) is 26.2. The summed E-state index contributed by atoms with van der Waals surface area (Å²) < 4.78 is 8.49. The van der Waals surface area contributed by atoms with Gasteiger partial charge < -0.3 is 25.0 Å². The van der Waals surface area contributed by atoms with Gasteiger partial charge in [0.2, 0.25) is 5.43 Å². The van der Waals surface area contributed by atoms with E-state index in [9.17, 15) is 9.59 Å². The standard InChI is InChI=1S/C34H38N3O4P/c1-3-11-22(13-8-10-17-38)12-5-4-9-16-36-30-29(42)20-25-31-33(30)41-28-19-24-15-7-6-14-23(24)18-27(28)37(31)21-26(32(25)39)34(40)35-2/h6-8,10-11,14-15,18-21,36,38H,3-5,9,12-13,16-17,42H2,1-2H3,(H,35,40)/b10-8-,22-11-. The molecule has 5 rings (SSSR count). The van der Waals surface area contributed by atoms with E-state index in [1.807, 2.05) is 53.1 Å². The van der Waals surface area contributed by atoms with Gasteiger partial charge in [-0.25, -0.2) is 0 Å². The van der Waals surface area contributed by atoms with Crippen LogP contribution in [0.3, 0.4) is 0 Å². The van der Waals surface area contributed by atoms with Crippen LogP contribution >= 0.6 is 9.24 Å². The average molecular weight is 584 g/mol. The molecule has 1 amide bonds. The van der Waals surface area contributed by atoms with Gasteiger partial charge in [-0.1, -0.05) is 61.4 Å². The van der Waals surface area contributed by atoms with Crippen LogP contribution in [0.15, 0.2) is 77.3 Å².